The maximum absolute atomic E-state index is 14.1. The third kappa shape index (κ3) is 5.93. The molecular weight excluding hydrogens is 539 g/mol. The fourth-order valence-electron chi connectivity index (χ4n) is 5.15. The lowest BCUT2D eigenvalue weighted by Crippen LogP contribution is -2.40. The summed E-state index contributed by atoms with van der Waals surface area (Å²) in [4.78, 5) is 34.5. The van der Waals surface area contributed by atoms with Crippen LogP contribution in [0.15, 0.2) is 60.8 Å². The zero-order valence-electron chi connectivity index (χ0n) is 22.4. The molecule has 1 aliphatic rings. The van der Waals surface area contributed by atoms with Gasteiger partial charge < -0.3 is 20.1 Å². The summed E-state index contributed by atoms with van der Waals surface area (Å²) < 4.78 is 43.1. The fraction of sp³-hybridized carbons (Fsp3) is 0.321. The monoisotopic (exact) mass is 567 g/mol. The van der Waals surface area contributed by atoms with Crippen molar-refractivity contribution in [2.24, 2.45) is 0 Å². The number of carbonyl (C=O) groups is 1. The van der Waals surface area contributed by atoms with Crippen LogP contribution >= 0.6 is 0 Å². The van der Waals surface area contributed by atoms with Crippen LogP contribution in [0.25, 0.3) is 16.6 Å². The van der Waals surface area contributed by atoms with E-state index in [0.29, 0.717) is 31.6 Å². The molecule has 2 aromatic carbocycles. The molecular formula is C28H28F3N7O3. The lowest BCUT2D eigenvalue weighted by atomic mass is 9.91. The Morgan fingerprint density at radius 3 is 2.29 bits per heavy atom. The molecule has 0 radical (unpaired) electrons. The normalized spacial score (nSPS) is 17.3. The van der Waals surface area contributed by atoms with Crippen molar-refractivity contribution in [2.45, 2.75) is 43.9 Å². The van der Waals surface area contributed by atoms with E-state index in [1.807, 2.05) is 43.3 Å². The summed E-state index contributed by atoms with van der Waals surface area (Å²) in [6, 6.07) is 13.3. The molecule has 0 saturated heterocycles. The number of halogens is 3. The fourth-order valence-corrected chi connectivity index (χ4v) is 5.15. The van der Waals surface area contributed by atoms with Gasteiger partial charge in [-0.15, -0.1) is 0 Å². The van der Waals surface area contributed by atoms with E-state index >= 15 is 0 Å². The van der Waals surface area contributed by atoms with Gasteiger partial charge in [-0.3, -0.25) is 14.9 Å². The van der Waals surface area contributed by atoms with Crippen molar-refractivity contribution < 1.29 is 22.9 Å². The Hall–Kier alpha value is -4.68. The number of rotatable bonds is 7. The molecule has 0 unspecified atom stereocenters. The molecule has 1 aliphatic carbocycles. The summed E-state index contributed by atoms with van der Waals surface area (Å²) in [7, 11) is 3.83. The summed E-state index contributed by atoms with van der Waals surface area (Å²) in [5.41, 5.74) is -1.01. The molecule has 41 heavy (non-hydrogen) atoms. The van der Waals surface area contributed by atoms with Crippen LogP contribution in [0.5, 0.6) is 0 Å². The SMILES string of the molecule is CN(C)c1nc(NC2CCC(NC(=O)c3ccn(-c4ccc([N+](=O)[O-])cc4)c3C(F)(F)F)CC2)nc2ccccc12. The highest BCUT2D eigenvalue weighted by molar-refractivity contribution is 5.96. The van der Waals surface area contributed by atoms with E-state index < -0.39 is 28.3 Å². The average Bonchev–Trinajstić information content (AvgIpc) is 3.40. The van der Waals surface area contributed by atoms with E-state index in [1.165, 1.54) is 12.1 Å². The maximum Gasteiger partial charge on any atom is 0.432 e. The molecule has 5 rings (SSSR count). The van der Waals surface area contributed by atoms with Gasteiger partial charge in [0.1, 0.15) is 11.5 Å². The van der Waals surface area contributed by atoms with Crippen LogP contribution in [0.3, 0.4) is 0 Å². The van der Waals surface area contributed by atoms with Crippen molar-refractivity contribution in [3.05, 3.63) is 82.2 Å². The number of hydrogen-bond donors (Lipinski definition) is 2. The minimum absolute atomic E-state index is 0.0493. The predicted octanol–water partition coefficient (Wildman–Crippen LogP) is 5.57. The first-order valence-electron chi connectivity index (χ1n) is 13.1. The molecule has 2 aromatic heterocycles. The highest BCUT2D eigenvalue weighted by Crippen LogP contribution is 2.35. The molecule has 4 aromatic rings. The second-order valence-corrected chi connectivity index (χ2v) is 10.2. The van der Waals surface area contributed by atoms with Crippen molar-refractivity contribution >= 4 is 34.3 Å². The number of anilines is 2. The van der Waals surface area contributed by atoms with E-state index in [9.17, 15) is 28.1 Å². The summed E-state index contributed by atoms with van der Waals surface area (Å²) in [6.07, 6.45) is -1.19. The Bertz CT molecular complexity index is 1580. The van der Waals surface area contributed by atoms with Crippen molar-refractivity contribution in [3.63, 3.8) is 0 Å². The molecule has 1 amide bonds. The number of carbonyl (C=O) groups excluding carboxylic acids is 1. The van der Waals surface area contributed by atoms with Crippen LogP contribution in [0.4, 0.5) is 30.6 Å². The van der Waals surface area contributed by atoms with Gasteiger partial charge in [0.05, 0.1) is 16.0 Å². The van der Waals surface area contributed by atoms with Gasteiger partial charge in [0.15, 0.2) is 0 Å². The van der Waals surface area contributed by atoms with Gasteiger partial charge in [0, 0.05) is 55.6 Å². The number of nitro benzene ring substituents is 1. The molecule has 0 bridgehead atoms. The Balaban J connectivity index is 1.26. The van der Waals surface area contributed by atoms with E-state index in [-0.39, 0.29) is 23.5 Å². The number of hydrogen-bond acceptors (Lipinski definition) is 7. The van der Waals surface area contributed by atoms with Gasteiger partial charge in [-0.05, 0) is 56.0 Å². The van der Waals surface area contributed by atoms with Crippen molar-refractivity contribution in [3.8, 4) is 5.69 Å². The van der Waals surface area contributed by atoms with E-state index in [1.54, 1.807) is 0 Å². The number of non-ortho nitro benzene ring substituents is 1. The number of benzene rings is 2. The minimum atomic E-state index is -4.83. The maximum atomic E-state index is 14.1. The van der Waals surface area contributed by atoms with Crippen LogP contribution < -0.4 is 15.5 Å². The van der Waals surface area contributed by atoms with Gasteiger partial charge in [-0.25, -0.2) is 4.98 Å². The molecule has 0 aliphatic heterocycles. The Kier molecular flexibility index (Phi) is 7.52. The zero-order chi connectivity index (χ0) is 29.3. The van der Waals surface area contributed by atoms with Crippen LogP contribution in [-0.2, 0) is 6.18 Å². The molecule has 1 saturated carbocycles. The molecule has 2 N–H and O–H groups in total. The van der Waals surface area contributed by atoms with Crippen LogP contribution in [0.1, 0.15) is 41.7 Å². The highest BCUT2D eigenvalue weighted by atomic mass is 19.4. The van der Waals surface area contributed by atoms with Gasteiger partial charge in [-0.2, -0.15) is 18.2 Å². The molecule has 0 spiro atoms. The molecule has 0 atom stereocenters. The zero-order valence-corrected chi connectivity index (χ0v) is 22.4. The van der Waals surface area contributed by atoms with Gasteiger partial charge in [-0.1, -0.05) is 12.1 Å². The number of alkyl halides is 3. The predicted molar refractivity (Wildman–Crippen MR) is 148 cm³/mol. The highest BCUT2D eigenvalue weighted by Gasteiger charge is 2.40. The first-order valence-corrected chi connectivity index (χ1v) is 13.1. The van der Waals surface area contributed by atoms with Crippen LogP contribution in [-0.4, -0.2) is 51.5 Å². The third-order valence-electron chi connectivity index (χ3n) is 7.14. The quantitative estimate of drug-likeness (QED) is 0.222. The van der Waals surface area contributed by atoms with Gasteiger partial charge >= 0.3 is 6.18 Å². The molecule has 2 heterocycles. The summed E-state index contributed by atoms with van der Waals surface area (Å²) in [6.45, 7) is 0. The second kappa shape index (κ2) is 11.1. The van der Waals surface area contributed by atoms with E-state index in [0.717, 1.165) is 45.7 Å². The number of para-hydroxylation sites is 1. The lowest BCUT2D eigenvalue weighted by Gasteiger charge is -2.30. The van der Waals surface area contributed by atoms with E-state index in [2.05, 4.69) is 20.6 Å². The second-order valence-electron chi connectivity index (χ2n) is 10.2. The standard InChI is InChI=1S/C28H28F3N7O3/c1-36(2)25-21-5-3-4-6-23(21)34-27(35-25)33-18-9-7-17(8-10-18)32-26(39)22-15-16-37(24(22)28(29,30)31)19-11-13-20(14-12-19)38(40)41/h3-6,11-18H,7-10H2,1-2H3,(H,32,39)(H,33,34,35). The largest absolute Gasteiger partial charge is 0.432 e. The number of nitro groups is 1. The first-order chi connectivity index (χ1) is 19.5. The number of fused-ring (bicyclic) bond motifs is 1. The van der Waals surface area contributed by atoms with Crippen molar-refractivity contribution in [1.82, 2.24) is 19.9 Å². The van der Waals surface area contributed by atoms with Gasteiger partial charge in [0.25, 0.3) is 11.6 Å². The average molecular weight is 568 g/mol. The topological polar surface area (TPSA) is 118 Å². The first kappa shape index (κ1) is 27.9. The lowest BCUT2D eigenvalue weighted by molar-refractivity contribution is -0.384. The number of aromatic nitrogens is 3. The number of nitrogens with zero attached hydrogens (tertiary/aromatic N) is 5. The Labute approximate surface area is 233 Å². The van der Waals surface area contributed by atoms with Crippen LogP contribution in [0, 0.1) is 10.1 Å². The molecule has 214 valence electrons. The molecule has 13 heteroatoms. The Morgan fingerprint density at radius 2 is 1.66 bits per heavy atom. The van der Waals surface area contributed by atoms with Gasteiger partial charge in [0.2, 0.25) is 5.95 Å². The summed E-state index contributed by atoms with van der Waals surface area (Å²) in [5, 5.41) is 18.0. The van der Waals surface area contributed by atoms with Crippen molar-refractivity contribution in [2.75, 3.05) is 24.3 Å². The van der Waals surface area contributed by atoms with Crippen LogP contribution in [0.2, 0.25) is 0 Å². The van der Waals surface area contributed by atoms with E-state index in [4.69, 9.17) is 0 Å². The summed E-state index contributed by atoms with van der Waals surface area (Å²) >= 11 is 0. The molecule has 1 fully saturated rings. The smallest absolute Gasteiger partial charge is 0.362 e. The number of amides is 1. The minimum Gasteiger partial charge on any atom is -0.362 e. The third-order valence-corrected chi connectivity index (χ3v) is 7.14. The Morgan fingerprint density at radius 1 is 1.00 bits per heavy atom. The number of nitrogens with one attached hydrogen (secondary N) is 2. The summed E-state index contributed by atoms with van der Waals surface area (Å²) in [5.74, 6) is 0.477. The molecule has 10 nitrogen and oxygen atoms in total. The van der Waals surface area contributed by atoms with Crippen molar-refractivity contribution in [1.29, 1.82) is 0 Å².